The average molecular weight is 210 g/mol. The number of aliphatic imine (C=N–C) groups is 1. The lowest BCUT2D eigenvalue weighted by Gasteiger charge is -2.13. The van der Waals surface area contributed by atoms with Gasteiger partial charge in [0.25, 0.3) is 0 Å². The van der Waals surface area contributed by atoms with Crippen molar-refractivity contribution in [2.45, 2.75) is 33.7 Å². The van der Waals surface area contributed by atoms with Crippen molar-refractivity contribution < 1.29 is 4.52 Å². The maximum atomic E-state index is 5.68. The molecule has 1 aromatic rings. The van der Waals surface area contributed by atoms with E-state index in [-0.39, 0.29) is 6.04 Å². The molecule has 0 spiro atoms. The molecule has 15 heavy (non-hydrogen) atoms. The summed E-state index contributed by atoms with van der Waals surface area (Å²) in [4.78, 5) is 4.07. The van der Waals surface area contributed by atoms with E-state index in [2.05, 4.69) is 15.5 Å². The van der Waals surface area contributed by atoms with E-state index in [1.54, 1.807) is 0 Å². The molecule has 0 bridgehead atoms. The van der Waals surface area contributed by atoms with Crippen LogP contribution in [-0.2, 0) is 0 Å². The van der Waals surface area contributed by atoms with Crippen LogP contribution in [0.2, 0.25) is 0 Å². The zero-order valence-corrected chi connectivity index (χ0v) is 9.66. The number of hydrogen-bond acceptors (Lipinski definition) is 3. The lowest BCUT2D eigenvalue weighted by atomic mass is 10.1. The fourth-order valence-corrected chi connectivity index (χ4v) is 1.62. The normalized spacial score (nSPS) is 14.0. The van der Waals surface area contributed by atoms with Gasteiger partial charge in [-0.3, -0.25) is 4.99 Å². The lowest BCUT2D eigenvalue weighted by Crippen LogP contribution is -2.34. The molecule has 0 aliphatic heterocycles. The second-order valence-electron chi connectivity index (χ2n) is 3.46. The highest BCUT2D eigenvalue weighted by Crippen LogP contribution is 2.20. The van der Waals surface area contributed by atoms with Gasteiger partial charge in [-0.1, -0.05) is 5.16 Å². The summed E-state index contributed by atoms with van der Waals surface area (Å²) in [6, 6.07) is 0.0616. The number of nitrogens with two attached hydrogens (primary N) is 1. The minimum Gasteiger partial charge on any atom is -0.370 e. The molecule has 0 aromatic carbocycles. The van der Waals surface area contributed by atoms with E-state index < -0.39 is 0 Å². The molecule has 0 aliphatic rings. The average Bonchev–Trinajstić information content (AvgIpc) is 2.46. The van der Waals surface area contributed by atoms with Crippen LogP contribution < -0.4 is 11.1 Å². The topological polar surface area (TPSA) is 76.4 Å². The predicted octanol–water partition coefficient (Wildman–Crippen LogP) is 1.28. The first-order valence-electron chi connectivity index (χ1n) is 5.05. The first kappa shape index (κ1) is 11.6. The third-order valence-electron chi connectivity index (χ3n) is 2.21. The SMILES string of the molecule is CCN=C(N)NC(C)c1c(C)noc1C. The standard InChI is InChI=1S/C10H18N4O/c1-5-12-10(11)13-6(2)9-7(3)14-15-8(9)4/h6H,5H2,1-4H3,(H3,11,12,13). The molecule has 1 unspecified atom stereocenters. The molecule has 5 heteroatoms. The fourth-order valence-electron chi connectivity index (χ4n) is 1.62. The van der Waals surface area contributed by atoms with Crippen LogP contribution in [0.1, 0.15) is 36.9 Å². The second kappa shape index (κ2) is 4.82. The third kappa shape index (κ3) is 2.71. The van der Waals surface area contributed by atoms with Crippen molar-refractivity contribution in [3.8, 4) is 0 Å². The van der Waals surface area contributed by atoms with Crippen molar-refractivity contribution in [3.63, 3.8) is 0 Å². The molecular weight excluding hydrogens is 192 g/mol. The fraction of sp³-hybridized carbons (Fsp3) is 0.600. The van der Waals surface area contributed by atoms with E-state index in [0.29, 0.717) is 12.5 Å². The third-order valence-corrected chi connectivity index (χ3v) is 2.21. The van der Waals surface area contributed by atoms with Crippen LogP contribution in [-0.4, -0.2) is 17.7 Å². The van der Waals surface area contributed by atoms with Gasteiger partial charge in [0.15, 0.2) is 5.96 Å². The molecule has 0 saturated carbocycles. The van der Waals surface area contributed by atoms with Crippen LogP contribution in [0.3, 0.4) is 0 Å². The van der Waals surface area contributed by atoms with E-state index in [1.807, 2.05) is 27.7 Å². The first-order chi connectivity index (χ1) is 7.06. The Morgan fingerprint density at radius 3 is 2.73 bits per heavy atom. The Kier molecular flexibility index (Phi) is 3.71. The molecule has 1 heterocycles. The van der Waals surface area contributed by atoms with Gasteiger partial charge < -0.3 is 15.6 Å². The Bertz CT molecular complexity index is 337. The van der Waals surface area contributed by atoms with Crippen molar-refractivity contribution >= 4 is 5.96 Å². The van der Waals surface area contributed by atoms with Gasteiger partial charge in [-0.2, -0.15) is 0 Å². The Balaban J connectivity index is 2.77. The number of nitrogens with one attached hydrogen (secondary N) is 1. The van der Waals surface area contributed by atoms with Crippen molar-refractivity contribution in [1.82, 2.24) is 10.5 Å². The zero-order chi connectivity index (χ0) is 11.4. The highest BCUT2D eigenvalue weighted by atomic mass is 16.5. The van der Waals surface area contributed by atoms with Gasteiger partial charge in [-0.05, 0) is 27.7 Å². The Labute approximate surface area is 89.7 Å². The molecule has 1 rings (SSSR count). The summed E-state index contributed by atoms with van der Waals surface area (Å²) < 4.78 is 5.09. The van der Waals surface area contributed by atoms with Gasteiger partial charge in [0.1, 0.15) is 5.76 Å². The first-order valence-corrected chi connectivity index (χ1v) is 5.05. The predicted molar refractivity (Wildman–Crippen MR) is 59.7 cm³/mol. The van der Waals surface area contributed by atoms with Crippen LogP contribution >= 0.6 is 0 Å². The molecule has 84 valence electrons. The Hall–Kier alpha value is -1.52. The summed E-state index contributed by atoms with van der Waals surface area (Å²) in [7, 11) is 0. The van der Waals surface area contributed by atoms with Crippen LogP contribution in [0.4, 0.5) is 0 Å². The molecule has 0 fully saturated rings. The van der Waals surface area contributed by atoms with E-state index >= 15 is 0 Å². The van der Waals surface area contributed by atoms with Crippen molar-refractivity contribution in [3.05, 3.63) is 17.0 Å². The van der Waals surface area contributed by atoms with E-state index in [9.17, 15) is 0 Å². The molecule has 1 aromatic heterocycles. The smallest absolute Gasteiger partial charge is 0.189 e. The molecular formula is C10H18N4O. The molecule has 0 saturated heterocycles. The largest absolute Gasteiger partial charge is 0.370 e. The summed E-state index contributed by atoms with van der Waals surface area (Å²) in [6.45, 7) is 8.42. The monoisotopic (exact) mass is 210 g/mol. The summed E-state index contributed by atoms with van der Waals surface area (Å²) in [5, 5.41) is 6.99. The number of nitrogens with zero attached hydrogens (tertiary/aromatic N) is 2. The van der Waals surface area contributed by atoms with Crippen molar-refractivity contribution in [2.75, 3.05) is 6.54 Å². The van der Waals surface area contributed by atoms with Crippen molar-refractivity contribution in [1.29, 1.82) is 0 Å². The molecule has 3 N–H and O–H groups in total. The number of guanidine groups is 1. The van der Waals surface area contributed by atoms with Gasteiger partial charge in [0.05, 0.1) is 11.7 Å². The molecule has 5 nitrogen and oxygen atoms in total. The molecule has 0 aliphatic carbocycles. The quantitative estimate of drug-likeness (QED) is 0.582. The van der Waals surface area contributed by atoms with Crippen LogP contribution in [0.25, 0.3) is 0 Å². The minimum absolute atomic E-state index is 0.0616. The van der Waals surface area contributed by atoms with Gasteiger partial charge >= 0.3 is 0 Å². The second-order valence-corrected chi connectivity index (χ2v) is 3.46. The minimum atomic E-state index is 0.0616. The van der Waals surface area contributed by atoms with Gasteiger partial charge in [-0.25, -0.2) is 0 Å². The molecule has 0 radical (unpaired) electrons. The summed E-state index contributed by atoms with van der Waals surface area (Å²) in [5.74, 6) is 1.27. The van der Waals surface area contributed by atoms with Crippen LogP contribution in [0, 0.1) is 13.8 Å². The number of rotatable bonds is 3. The maximum absolute atomic E-state index is 5.68. The van der Waals surface area contributed by atoms with Gasteiger partial charge in [-0.15, -0.1) is 0 Å². The molecule has 0 amide bonds. The summed E-state index contributed by atoms with van der Waals surface area (Å²) >= 11 is 0. The van der Waals surface area contributed by atoms with E-state index in [0.717, 1.165) is 17.0 Å². The number of hydrogen-bond donors (Lipinski definition) is 2. The maximum Gasteiger partial charge on any atom is 0.189 e. The van der Waals surface area contributed by atoms with Gasteiger partial charge in [0, 0.05) is 12.1 Å². The highest BCUT2D eigenvalue weighted by Gasteiger charge is 2.16. The Morgan fingerprint density at radius 1 is 1.60 bits per heavy atom. The van der Waals surface area contributed by atoms with Crippen LogP contribution in [0.5, 0.6) is 0 Å². The Morgan fingerprint density at radius 2 is 2.27 bits per heavy atom. The van der Waals surface area contributed by atoms with Crippen LogP contribution in [0.15, 0.2) is 9.52 Å². The number of aromatic nitrogens is 1. The van der Waals surface area contributed by atoms with Crippen molar-refractivity contribution in [2.24, 2.45) is 10.7 Å². The van der Waals surface area contributed by atoms with Gasteiger partial charge in [0.2, 0.25) is 0 Å². The number of aryl methyl sites for hydroxylation is 2. The lowest BCUT2D eigenvalue weighted by molar-refractivity contribution is 0.391. The summed E-state index contributed by atoms with van der Waals surface area (Å²) in [6.07, 6.45) is 0. The zero-order valence-electron chi connectivity index (χ0n) is 9.66. The van der Waals surface area contributed by atoms with E-state index in [1.165, 1.54) is 0 Å². The highest BCUT2D eigenvalue weighted by molar-refractivity contribution is 5.78. The summed E-state index contributed by atoms with van der Waals surface area (Å²) in [5.41, 5.74) is 7.61. The van der Waals surface area contributed by atoms with E-state index in [4.69, 9.17) is 10.3 Å². The molecule has 1 atom stereocenters.